The van der Waals surface area contributed by atoms with Crippen molar-refractivity contribution in [2.45, 2.75) is 32.5 Å². The summed E-state index contributed by atoms with van der Waals surface area (Å²) in [6.45, 7) is 6.76. The minimum absolute atomic E-state index is 0.156. The molecule has 0 aromatic heterocycles. The van der Waals surface area contributed by atoms with E-state index in [-0.39, 0.29) is 12.1 Å². The zero-order valence-corrected chi connectivity index (χ0v) is 11.1. The Morgan fingerprint density at radius 3 is 2.41 bits per heavy atom. The first kappa shape index (κ1) is 14.2. The summed E-state index contributed by atoms with van der Waals surface area (Å²) in [5.74, 6) is 0. The molecule has 0 heterocycles. The Kier molecular flexibility index (Phi) is 6.19. The van der Waals surface area contributed by atoms with E-state index >= 15 is 0 Å². The van der Waals surface area contributed by atoms with Gasteiger partial charge in [-0.25, -0.2) is 0 Å². The van der Waals surface area contributed by atoms with Crippen molar-refractivity contribution < 1.29 is 4.74 Å². The number of nitrogens with zero attached hydrogens (tertiary/aromatic N) is 1. The van der Waals surface area contributed by atoms with Gasteiger partial charge in [-0.15, -0.1) is 0 Å². The zero-order chi connectivity index (χ0) is 12.7. The maximum absolute atomic E-state index is 5.86. The van der Waals surface area contributed by atoms with Crippen LogP contribution in [0.1, 0.15) is 19.4 Å². The first-order chi connectivity index (χ1) is 8.22. The number of hydrogen-bond donors (Lipinski definition) is 1. The molecule has 17 heavy (non-hydrogen) atoms. The molecule has 0 saturated heterocycles. The Morgan fingerprint density at radius 1 is 1.29 bits per heavy atom. The van der Waals surface area contributed by atoms with Gasteiger partial charge in [-0.2, -0.15) is 0 Å². The van der Waals surface area contributed by atoms with Crippen molar-refractivity contribution >= 4 is 0 Å². The molecule has 0 aliphatic rings. The molecule has 2 atom stereocenters. The molecule has 0 radical (unpaired) electrons. The molecule has 1 aromatic carbocycles. The van der Waals surface area contributed by atoms with Gasteiger partial charge in [0, 0.05) is 26.2 Å². The van der Waals surface area contributed by atoms with Crippen LogP contribution in [0.3, 0.4) is 0 Å². The molecule has 3 nitrogen and oxygen atoms in total. The first-order valence-electron chi connectivity index (χ1n) is 6.23. The molecule has 0 fully saturated rings. The Bertz CT molecular complexity index is 302. The number of likely N-dealkylation sites (N-methyl/N-ethyl adjacent to an activating group) is 1. The van der Waals surface area contributed by atoms with Crippen LogP contribution in [0.15, 0.2) is 30.3 Å². The summed E-state index contributed by atoms with van der Waals surface area (Å²) in [5.41, 5.74) is 7.17. The van der Waals surface area contributed by atoms with Gasteiger partial charge < -0.3 is 10.5 Å². The molecule has 0 spiro atoms. The third kappa shape index (κ3) is 4.11. The monoisotopic (exact) mass is 236 g/mol. The van der Waals surface area contributed by atoms with Gasteiger partial charge in [-0.1, -0.05) is 37.3 Å². The molecule has 2 unspecified atom stereocenters. The predicted octanol–water partition coefficient (Wildman–Crippen LogP) is 1.87. The Morgan fingerprint density at radius 2 is 1.94 bits per heavy atom. The van der Waals surface area contributed by atoms with E-state index in [0.29, 0.717) is 6.54 Å². The molecule has 0 amide bonds. The molecular weight excluding hydrogens is 212 g/mol. The Balaban J connectivity index is 2.69. The largest absolute Gasteiger partial charge is 0.380 e. The fourth-order valence-electron chi connectivity index (χ4n) is 2.08. The lowest BCUT2D eigenvalue weighted by Crippen LogP contribution is -2.47. The molecule has 3 heteroatoms. The molecule has 1 rings (SSSR count). The second kappa shape index (κ2) is 7.43. The number of nitrogens with two attached hydrogens (primary N) is 1. The first-order valence-corrected chi connectivity index (χ1v) is 6.23. The summed E-state index contributed by atoms with van der Waals surface area (Å²) >= 11 is 0. The van der Waals surface area contributed by atoms with Gasteiger partial charge in [-0.3, -0.25) is 4.90 Å². The average molecular weight is 236 g/mol. The Labute approximate surface area is 105 Å². The SMILES string of the molecule is CCN(Cc1ccccc1)C(CN)C(C)OC. The third-order valence-corrected chi connectivity index (χ3v) is 3.26. The van der Waals surface area contributed by atoms with Crippen LogP contribution in [0.2, 0.25) is 0 Å². The minimum Gasteiger partial charge on any atom is -0.380 e. The van der Waals surface area contributed by atoms with Gasteiger partial charge in [-0.05, 0) is 19.0 Å². The highest BCUT2D eigenvalue weighted by Crippen LogP contribution is 2.11. The van der Waals surface area contributed by atoms with Crippen molar-refractivity contribution in [3.8, 4) is 0 Å². The van der Waals surface area contributed by atoms with E-state index in [1.54, 1.807) is 7.11 Å². The summed E-state index contributed by atoms with van der Waals surface area (Å²) in [6.07, 6.45) is 0.156. The van der Waals surface area contributed by atoms with Gasteiger partial charge in [0.05, 0.1) is 6.10 Å². The summed E-state index contributed by atoms with van der Waals surface area (Å²) in [5, 5.41) is 0. The van der Waals surface area contributed by atoms with E-state index in [0.717, 1.165) is 13.1 Å². The maximum atomic E-state index is 5.86. The van der Waals surface area contributed by atoms with Crippen molar-refractivity contribution in [1.29, 1.82) is 0 Å². The second-order valence-electron chi connectivity index (χ2n) is 4.29. The summed E-state index contributed by atoms with van der Waals surface area (Å²) in [7, 11) is 1.74. The van der Waals surface area contributed by atoms with Crippen molar-refractivity contribution in [1.82, 2.24) is 4.90 Å². The summed E-state index contributed by atoms with van der Waals surface area (Å²) in [4.78, 5) is 2.36. The van der Waals surface area contributed by atoms with Crippen LogP contribution in [0, 0.1) is 0 Å². The van der Waals surface area contributed by atoms with Gasteiger partial charge >= 0.3 is 0 Å². The molecular formula is C14H24N2O. The van der Waals surface area contributed by atoms with Crippen LogP contribution in [0.4, 0.5) is 0 Å². The van der Waals surface area contributed by atoms with E-state index in [9.17, 15) is 0 Å². The normalized spacial score (nSPS) is 14.9. The van der Waals surface area contributed by atoms with Crippen LogP contribution in [-0.2, 0) is 11.3 Å². The lowest BCUT2D eigenvalue weighted by molar-refractivity contribution is 0.0277. The highest BCUT2D eigenvalue weighted by atomic mass is 16.5. The Hall–Kier alpha value is -0.900. The van der Waals surface area contributed by atoms with Crippen molar-refractivity contribution in [3.05, 3.63) is 35.9 Å². The van der Waals surface area contributed by atoms with Crippen LogP contribution in [-0.4, -0.2) is 37.2 Å². The van der Waals surface area contributed by atoms with Crippen LogP contribution >= 0.6 is 0 Å². The van der Waals surface area contributed by atoms with E-state index in [2.05, 4.69) is 43.0 Å². The van der Waals surface area contributed by atoms with Crippen LogP contribution in [0.5, 0.6) is 0 Å². The number of hydrogen-bond acceptors (Lipinski definition) is 3. The fourth-order valence-corrected chi connectivity index (χ4v) is 2.08. The highest BCUT2D eigenvalue weighted by Gasteiger charge is 2.21. The average Bonchev–Trinajstić information content (AvgIpc) is 2.39. The third-order valence-electron chi connectivity index (χ3n) is 3.26. The van der Waals surface area contributed by atoms with E-state index < -0.39 is 0 Å². The van der Waals surface area contributed by atoms with Crippen LogP contribution in [0.25, 0.3) is 0 Å². The van der Waals surface area contributed by atoms with Gasteiger partial charge in [0.2, 0.25) is 0 Å². The van der Waals surface area contributed by atoms with Gasteiger partial charge in [0.1, 0.15) is 0 Å². The van der Waals surface area contributed by atoms with Crippen molar-refractivity contribution in [2.75, 3.05) is 20.2 Å². The highest BCUT2D eigenvalue weighted by molar-refractivity contribution is 5.14. The van der Waals surface area contributed by atoms with Gasteiger partial charge in [0.25, 0.3) is 0 Å². The van der Waals surface area contributed by atoms with E-state index in [4.69, 9.17) is 10.5 Å². The number of benzene rings is 1. The molecule has 0 saturated carbocycles. The van der Waals surface area contributed by atoms with Crippen LogP contribution < -0.4 is 5.73 Å². The number of ether oxygens (including phenoxy) is 1. The van der Waals surface area contributed by atoms with E-state index in [1.807, 2.05) is 6.07 Å². The molecule has 96 valence electrons. The second-order valence-corrected chi connectivity index (χ2v) is 4.29. The zero-order valence-electron chi connectivity index (χ0n) is 11.1. The summed E-state index contributed by atoms with van der Waals surface area (Å²) in [6, 6.07) is 10.7. The lowest BCUT2D eigenvalue weighted by atomic mass is 10.1. The fraction of sp³-hybridized carbons (Fsp3) is 0.571. The molecule has 0 bridgehead atoms. The maximum Gasteiger partial charge on any atom is 0.0710 e. The number of rotatable bonds is 7. The lowest BCUT2D eigenvalue weighted by Gasteiger charge is -2.33. The van der Waals surface area contributed by atoms with Crippen molar-refractivity contribution in [3.63, 3.8) is 0 Å². The van der Waals surface area contributed by atoms with Crippen molar-refractivity contribution in [2.24, 2.45) is 5.73 Å². The molecule has 2 N–H and O–H groups in total. The standard InChI is InChI=1S/C14H24N2O/c1-4-16(14(10-15)12(2)17-3)11-13-8-6-5-7-9-13/h5-9,12,14H,4,10-11,15H2,1-3H3. The number of methoxy groups -OCH3 is 1. The molecule has 1 aromatic rings. The minimum atomic E-state index is 0.156. The molecule has 0 aliphatic heterocycles. The quantitative estimate of drug-likeness (QED) is 0.785. The van der Waals surface area contributed by atoms with E-state index in [1.165, 1.54) is 5.56 Å². The smallest absolute Gasteiger partial charge is 0.0710 e. The van der Waals surface area contributed by atoms with Gasteiger partial charge in [0.15, 0.2) is 0 Å². The summed E-state index contributed by atoms with van der Waals surface area (Å²) < 4.78 is 5.40. The predicted molar refractivity (Wildman–Crippen MR) is 71.8 cm³/mol. The topological polar surface area (TPSA) is 38.5 Å². The molecule has 0 aliphatic carbocycles.